The van der Waals surface area contributed by atoms with Crippen LogP contribution in [0.15, 0.2) is 66.1 Å². The molecule has 0 amide bonds. The van der Waals surface area contributed by atoms with Gasteiger partial charge in [0.05, 0.1) is 0 Å². The van der Waals surface area contributed by atoms with Gasteiger partial charge in [-0.1, -0.05) is 60.7 Å². The molecule has 0 bridgehead atoms. The standard InChI is InChI=1S/C15H14S/c1-16-12-15(13-8-4-2-5-9-13)14-10-6-3-7-11-14/h2-12H,1H3/i1D. The summed E-state index contributed by atoms with van der Waals surface area (Å²) in [5, 5.41) is 2.07. The molecule has 0 fully saturated rings. The number of hydrogen-bond acceptors (Lipinski definition) is 1. The summed E-state index contributed by atoms with van der Waals surface area (Å²) in [4.78, 5) is 0. The average Bonchev–Trinajstić information content (AvgIpc) is 2.42. The maximum atomic E-state index is 7.24. The molecule has 2 aromatic rings. The minimum absolute atomic E-state index is 0.350. The smallest absolute Gasteiger partial charge is 0.0347 e. The first-order valence-electron chi connectivity index (χ1n) is 5.84. The van der Waals surface area contributed by atoms with Gasteiger partial charge < -0.3 is 0 Å². The molecule has 16 heavy (non-hydrogen) atoms. The summed E-state index contributed by atoms with van der Waals surface area (Å²) in [7, 11) is 0. The van der Waals surface area contributed by atoms with Crippen LogP contribution >= 0.6 is 11.8 Å². The molecule has 0 nitrogen and oxygen atoms in total. The predicted molar refractivity (Wildman–Crippen MR) is 73.5 cm³/mol. The molecule has 80 valence electrons. The van der Waals surface area contributed by atoms with Gasteiger partial charge in [0.15, 0.2) is 0 Å². The molecule has 0 unspecified atom stereocenters. The fraction of sp³-hybridized carbons (Fsp3) is 0.0667. The van der Waals surface area contributed by atoms with Crippen molar-refractivity contribution in [1.29, 1.82) is 0 Å². The van der Waals surface area contributed by atoms with Crippen LogP contribution in [0.4, 0.5) is 0 Å². The SMILES string of the molecule is [2H]CSC=C(c1ccccc1)c1ccccc1. The Hall–Kier alpha value is -1.47. The molecule has 0 N–H and O–H groups in total. The number of hydrogen-bond donors (Lipinski definition) is 0. The maximum absolute atomic E-state index is 7.24. The van der Waals surface area contributed by atoms with E-state index in [4.69, 9.17) is 1.37 Å². The van der Waals surface area contributed by atoms with Gasteiger partial charge >= 0.3 is 0 Å². The monoisotopic (exact) mass is 227 g/mol. The van der Waals surface area contributed by atoms with Crippen LogP contribution in [0, 0.1) is 0 Å². The largest absolute Gasteiger partial charge is 0.137 e. The van der Waals surface area contributed by atoms with Gasteiger partial charge in [-0.25, -0.2) is 0 Å². The lowest BCUT2D eigenvalue weighted by atomic mass is 10.00. The molecule has 0 saturated carbocycles. The Morgan fingerprint density at radius 3 is 1.88 bits per heavy atom. The van der Waals surface area contributed by atoms with Crippen molar-refractivity contribution in [3.05, 3.63) is 77.2 Å². The molecule has 2 aromatic carbocycles. The molecule has 0 atom stereocenters. The Kier molecular flexibility index (Phi) is 3.39. The summed E-state index contributed by atoms with van der Waals surface area (Å²) >= 11 is 1.51. The van der Waals surface area contributed by atoms with Crippen LogP contribution in [0.5, 0.6) is 0 Å². The van der Waals surface area contributed by atoms with Crippen molar-refractivity contribution in [1.82, 2.24) is 0 Å². The van der Waals surface area contributed by atoms with Crippen LogP contribution in [0.25, 0.3) is 5.57 Å². The normalized spacial score (nSPS) is 10.6. The van der Waals surface area contributed by atoms with Crippen LogP contribution < -0.4 is 0 Å². The van der Waals surface area contributed by atoms with E-state index in [-0.39, 0.29) is 0 Å². The molecule has 0 heterocycles. The highest BCUT2D eigenvalue weighted by molar-refractivity contribution is 8.01. The molecule has 0 radical (unpaired) electrons. The molecular weight excluding hydrogens is 212 g/mol. The molecule has 0 aliphatic rings. The minimum atomic E-state index is 0.350. The van der Waals surface area contributed by atoms with E-state index >= 15 is 0 Å². The summed E-state index contributed by atoms with van der Waals surface area (Å²) in [5.74, 6) is 0. The van der Waals surface area contributed by atoms with Crippen molar-refractivity contribution in [2.24, 2.45) is 0 Å². The van der Waals surface area contributed by atoms with Gasteiger partial charge in [0.1, 0.15) is 0 Å². The zero-order chi connectivity index (χ0) is 11.9. The average molecular weight is 227 g/mol. The number of thioether (sulfide) groups is 1. The van der Waals surface area contributed by atoms with E-state index in [1.165, 1.54) is 28.5 Å². The van der Waals surface area contributed by atoms with Gasteiger partial charge in [-0.05, 0) is 28.3 Å². The topological polar surface area (TPSA) is 0 Å². The van der Waals surface area contributed by atoms with Crippen molar-refractivity contribution >= 4 is 17.3 Å². The number of benzene rings is 2. The lowest BCUT2D eigenvalue weighted by Crippen LogP contribution is -1.86. The summed E-state index contributed by atoms with van der Waals surface area (Å²) in [5.41, 5.74) is 3.57. The van der Waals surface area contributed by atoms with Crippen molar-refractivity contribution in [3.63, 3.8) is 0 Å². The van der Waals surface area contributed by atoms with Gasteiger partial charge in [0, 0.05) is 1.37 Å². The van der Waals surface area contributed by atoms with E-state index in [0.29, 0.717) is 6.23 Å². The van der Waals surface area contributed by atoms with E-state index in [1.54, 1.807) is 0 Å². The second-order valence-electron chi connectivity index (χ2n) is 3.43. The van der Waals surface area contributed by atoms with Gasteiger partial charge in [-0.2, -0.15) is 0 Å². The highest BCUT2D eigenvalue weighted by Gasteiger charge is 2.02. The fourth-order valence-corrected chi connectivity index (χ4v) is 2.06. The van der Waals surface area contributed by atoms with Crippen molar-refractivity contribution < 1.29 is 1.37 Å². The van der Waals surface area contributed by atoms with Crippen LogP contribution in [0.3, 0.4) is 0 Å². The molecule has 0 aromatic heterocycles. The van der Waals surface area contributed by atoms with E-state index in [9.17, 15) is 0 Å². The summed E-state index contributed by atoms with van der Waals surface area (Å²) < 4.78 is 7.24. The van der Waals surface area contributed by atoms with E-state index in [1.807, 2.05) is 36.4 Å². The molecule has 0 aliphatic carbocycles. The van der Waals surface area contributed by atoms with Gasteiger partial charge in [0.25, 0.3) is 0 Å². The first kappa shape index (κ1) is 9.73. The molecule has 0 saturated heterocycles. The Bertz CT molecular complexity index is 435. The van der Waals surface area contributed by atoms with Crippen LogP contribution in [0.2, 0.25) is 0 Å². The third-order valence-electron chi connectivity index (χ3n) is 2.37. The summed E-state index contributed by atoms with van der Waals surface area (Å²) in [6.45, 7) is 0. The van der Waals surface area contributed by atoms with E-state index in [2.05, 4.69) is 29.7 Å². The molecule has 0 spiro atoms. The second kappa shape index (κ2) is 5.57. The zero-order valence-electron chi connectivity index (χ0n) is 9.97. The van der Waals surface area contributed by atoms with Crippen LogP contribution in [0.1, 0.15) is 12.5 Å². The lowest BCUT2D eigenvalue weighted by molar-refractivity contribution is 1.55. The molecule has 0 aliphatic heterocycles. The third-order valence-corrected chi connectivity index (χ3v) is 2.77. The lowest BCUT2D eigenvalue weighted by Gasteiger charge is -2.07. The first-order chi connectivity index (χ1) is 8.42. The molecule has 2 rings (SSSR count). The molecular formula is C15H14S. The predicted octanol–water partition coefficient (Wildman–Crippen LogP) is 4.44. The van der Waals surface area contributed by atoms with Crippen molar-refractivity contribution in [2.45, 2.75) is 0 Å². The highest BCUT2D eigenvalue weighted by atomic mass is 32.2. The zero-order valence-corrected chi connectivity index (χ0v) is 9.78. The Morgan fingerprint density at radius 2 is 1.44 bits per heavy atom. The van der Waals surface area contributed by atoms with E-state index in [0.717, 1.165) is 0 Å². The third kappa shape index (κ3) is 2.56. The van der Waals surface area contributed by atoms with Gasteiger partial charge in [0.2, 0.25) is 0 Å². The van der Waals surface area contributed by atoms with Crippen LogP contribution in [-0.4, -0.2) is 6.23 Å². The quantitative estimate of drug-likeness (QED) is 0.747. The van der Waals surface area contributed by atoms with Gasteiger partial charge in [-0.15, -0.1) is 11.8 Å². The first-order valence-corrected chi connectivity index (χ1v) is 6.18. The van der Waals surface area contributed by atoms with E-state index < -0.39 is 0 Å². The Morgan fingerprint density at radius 1 is 0.938 bits per heavy atom. The maximum Gasteiger partial charge on any atom is 0.0347 e. The Labute approximate surface area is 102 Å². The second-order valence-corrected chi connectivity index (χ2v) is 4.00. The fourth-order valence-electron chi connectivity index (χ4n) is 1.62. The Balaban J connectivity index is 2.40. The highest BCUT2D eigenvalue weighted by Crippen LogP contribution is 2.25. The van der Waals surface area contributed by atoms with Crippen molar-refractivity contribution in [2.75, 3.05) is 6.23 Å². The molecule has 1 heteroatoms. The summed E-state index contributed by atoms with van der Waals surface area (Å²) in [6.07, 6.45) is 0.350. The van der Waals surface area contributed by atoms with Crippen molar-refractivity contribution in [3.8, 4) is 0 Å². The number of rotatable bonds is 3. The minimum Gasteiger partial charge on any atom is -0.137 e. The van der Waals surface area contributed by atoms with Gasteiger partial charge in [-0.3, -0.25) is 0 Å². The summed E-state index contributed by atoms with van der Waals surface area (Å²) in [6, 6.07) is 20.6. The van der Waals surface area contributed by atoms with Crippen LogP contribution in [-0.2, 0) is 0 Å².